The predicted molar refractivity (Wildman–Crippen MR) is 72.2 cm³/mol. The monoisotopic (exact) mass is 249 g/mol. The van der Waals surface area contributed by atoms with Crippen LogP contribution in [0.5, 0.6) is 0 Å². The van der Waals surface area contributed by atoms with Gasteiger partial charge in [-0.2, -0.15) is 0 Å². The molecule has 0 spiro atoms. The van der Waals surface area contributed by atoms with E-state index in [1.807, 2.05) is 0 Å². The third-order valence-electron chi connectivity index (χ3n) is 6.41. The van der Waals surface area contributed by atoms with E-state index in [4.69, 9.17) is 0 Å². The molecule has 1 saturated heterocycles. The van der Waals surface area contributed by atoms with Crippen molar-refractivity contribution in [2.24, 2.45) is 29.6 Å². The van der Waals surface area contributed by atoms with Gasteiger partial charge in [0, 0.05) is 19.2 Å². The summed E-state index contributed by atoms with van der Waals surface area (Å²) in [6, 6.07) is 0.896. The Labute approximate surface area is 111 Å². The first-order valence-electron chi connectivity index (χ1n) is 8.18. The molecule has 1 aliphatic heterocycles. The van der Waals surface area contributed by atoms with Crippen molar-refractivity contribution in [3.63, 3.8) is 0 Å². The van der Waals surface area contributed by atoms with E-state index in [1.54, 1.807) is 6.42 Å². The summed E-state index contributed by atoms with van der Waals surface area (Å²) in [5.74, 6) is 4.76. The highest BCUT2D eigenvalue weighted by molar-refractivity contribution is 5.02. The van der Waals surface area contributed by atoms with Gasteiger partial charge in [-0.25, -0.2) is 0 Å². The maximum atomic E-state index is 9.43. The highest BCUT2D eigenvalue weighted by Crippen LogP contribution is 2.55. The summed E-state index contributed by atoms with van der Waals surface area (Å²) < 4.78 is 0. The van der Waals surface area contributed by atoms with Crippen LogP contribution in [0, 0.1) is 29.6 Å². The van der Waals surface area contributed by atoms with E-state index in [0.29, 0.717) is 12.5 Å². The molecular weight excluding hydrogens is 222 g/mol. The lowest BCUT2D eigenvalue weighted by Gasteiger charge is -2.58. The van der Waals surface area contributed by atoms with Gasteiger partial charge in [0.1, 0.15) is 0 Å². The summed E-state index contributed by atoms with van der Waals surface area (Å²) in [7, 11) is 0. The number of nitrogens with zero attached hydrogens (tertiary/aromatic N) is 1. The van der Waals surface area contributed by atoms with Crippen molar-refractivity contribution in [3.8, 4) is 0 Å². The van der Waals surface area contributed by atoms with Crippen molar-refractivity contribution in [2.75, 3.05) is 19.7 Å². The lowest BCUT2D eigenvalue weighted by molar-refractivity contribution is -0.0783. The molecule has 1 atom stereocenters. The van der Waals surface area contributed by atoms with Crippen LogP contribution in [0.15, 0.2) is 0 Å². The Bertz CT molecular complexity index is 288. The summed E-state index contributed by atoms with van der Waals surface area (Å²) in [4.78, 5) is 2.79. The Morgan fingerprint density at radius 3 is 2.22 bits per heavy atom. The summed E-state index contributed by atoms with van der Waals surface area (Å²) in [5, 5.41) is 9.43. The fraction of sp³-hybridized carbons (Fsp3) is 1.00. The third-order valence-corrected chi connectivity index (χ3v) is 6.41. The molecular formula is C16H27NO. The topological polar surface area (TPSA) is 23.5 Å². The molecule has 4 bridgehead atoms. The molecule has 0 amide bonds. The molecule has 2 heteroatoms. The first kappa shape index (κ1) is 11.7. The van der Waals surface area contributed by atoms with Crippen LogP contribution in [-0.2, 0) is 0 Å². The fourth-order valence-corrected chi connectivity index (χ4v) is 6.01. The van der Waals surface area contributed by atoms with E-state index in [9.17, 15) is 5.11 Å². The van der Waals surface area contributed by atoms with Gasteiger partial charge in [-0.1, -0.05) is 0 Å². The first-order chi connectivity index (χ1) is 8.83. The predicted octanol–water partition coefficient (Wildman–Crippen LogP) is 2.52. The molecule has 18 heavy (non-hydrogen) atoms. The van der Waals surface area contributed by atoms with Gasteiger partial charge in [0.15, 0.2) is 0 Å². The molecule has 0 radical (unpaired) electrons. The molecule has 4 aliphatic carbocycles. The van der Waals surface area contributed by atoms with Crippen LogP contribution in [0.1, 0.15) is 44.9 Å². The van der Waals surface area contributed by atoms with Gasteiger partial charge in [0.2, 0.25) is 0 Å². The van der Waals surface area contributed by atoms with Crippen LogP contribution in [0.25, 0.3) is 0 Å². The lowest BCUT2D eigenvalue weighted by Crippen LogP contribution is -2.58. The molecule has 2 nitrogen and oxygen atoms in total. The second kappa shape index (κ2) is 4.49. The fourth-order valence-electron chi connectivity index (χ4n) is 6.01. The largest absolute Gasteiger partial charge is 0.396 e. The Hall–Kier alpha value is -0.0800. The van der Waals surface area contributed by atoms with Crippen molar-refractivity contribution < 1.29 is 5.11 Å². The van der Waals surface area contributed by atoms with Crippen molar-refractivity contribution in [3.05, 3.63) is 0 Å². The third kappa shape index (κ3) is 1.84. The normalized spacial score (nSPS) is 51.8. The molecule has 5 rings (SSSR count). The average molecular weight is 249 g/mol. The Kier molecular flexibility index (Phi) is 2.92. The second-order valence-corrected chi connectivity index (χ2v) is 7.61. The van der Waals surface area contributed by atoms with Crippen LogP contribution in [0.4, 0.5) is 0 Å². The summed E-state index contributed by atoms with van der Waals surface area (Å²) >= 11 is 0. The van der Waals surface area contributed by atoms with Gasteiger partial charge in [-0.3, -0.25) is 4.90 Å². The highest BCUT2D eigenvalue weighted by atomic mass is 16.3. The van der Waals surface area contributed by atoms with Crippen molar-refractivity contribution in [1.29, 1.82) is 0 Å². The van der Waals surface area contributed by atoms with E-state index in [2.05, 4.69) is 4.90 Å². The van der Waals surface area contributed by atoms with E-state index in [0.717, 1.165) is 29.7 Å². The average Bonchev–Trinajstić information content (AvgIpc) is 2.38. The Morgan fingerprint density at radius 2 is 1.61 bits per heavy atom. The minimum absolute atomic E-state index is 0.407. The SMILES string of the molecule is OC[C@@H]1CCCN(C2C3CC4CC(C3)CC2C4)C1. The first-order valence-corrected chi connectivity index (χ1v) is 8.18. The maximum absolute atomic E-state index is 9.43. The van der Waals surface area contributed by atoms with Gasteiger partial charge in [-0.15, -0.1) is 0 Å². The smallest absolute Gasteiger partial charge is 0.0471 e. The molecule has 0 unspecified atom stereocenters. The molecule has 1 N–H and O–H groups in total. The minimum atomic E-state index is 0.407. The zero-order valence-corrected chi connectivity index (χ0v) is 11.4. The molecule has 102 valence electrons. The van der Waals surface area contributed by atoms with Crippen LogP contribution >= 0.6 is 0 Å². The van der Waals surface area contributed by atoms with Crippen molar-refractivity contribution in [1.82, 2.24) is 4.90 Å². The van der Waals surface area contributed by atoms with E-state index in [-0.39, 0.29) is 0 Å². The molecule has 1 heterocycles. The number of hydrogen-bond acceptors (Lipinski definition) is 2. The highest BCUT2D eigenvalue weighted by Gasteiger charge is 2.50. The quantitative estimate of drug-likeness (QED) is 0.813. The number of aliphatic hydroxyl groups excluding tert-OH is 1. The number of likely N-dealkylation sites (tertiary alicyclic amines) is 1. The number of rotatable bonds is 2. The molecule has 0 aromatic heterocycles. The van der Waals surface area contributed by atoms with Crippen LogP contribution in [-0.4, -0.2) is 35.7 Å². The molecule has 4 saturated carbocycles. The molecule has 5 aliphatic rings. The zero-order chi connectivity index (χ0) is 12.1. The van der Waals surface area contributed by atoms with Crippen LogP contribution in [0.2, 0.25) is 0 Å². The summed E-state index contributed by atoms with van der Waals surface area (Å²) in [6.07, 6.45) is 10.2. The number of aliphatic hydroxyl groups is 1. The molecule has 0 aromatic carbocycles. The maximum Gasteiger partial charge on any atom is 0.0471 e. The summed E-state index contributed by atoms with van der Waals surface area (Å²) in [5.41, 5.74) is 0. The lowest BCUT2D eigenvalue weighted by atomic mass is 9.53. The van der Waals surface area contributed by atoms with E-state index in [1.165, 1.54) is 51.6 Å². The van der Waals surface area contributed by atoms with Gasteiger partial charge in [-0.05, 0) is 81.1 Å². The van der Waals surface area contributed by atoms with Gasteiger partial charge in [0.05, 0.1) is 0 Å². The van der Waals surface area contributed by atoms with Crippen LogP contribution < -0.4 is 0 Å². The van der Waals surface area contributed by atoms with Gasteiger partial charge in [0.25, 0.3) is 0 Å². The summed E-state index contributed by atoms with van der Waals surface area (Å²) in [6.45, 7) is 2.90. The molecule has 5 fully saturated rings. The number of hydrogen-bond donors (Lipinski definition) is 1. The van der Waals surface area contributed by atoms with Gasteiger partial charge >= 0.3 is 0 Å². The number of piperidine rings is 1. The van der Waals surface area contributed by atoms with Crippen molar-refractivity contribution in [2.45, 2.75) is 51.0 Å². The second-order valence-electron chi connectivity index (χ2n) is 7.61. The Morgan fingerprint density at radius 1 is 0.944 bits per heavy atom. The van der Waals surface area contributed by atoms with Gasteiger partial charge < -0.3 is 5.11 Å². The Balaban J connectivity index is 1.50. The zero-order valence-electron chi connectivity index (χ0n) is 11.4. The molecule has 0 aromatic rings. The standard InChI is InChI=1S/C16H27NO/c18-10-11-2-1-3-17(9-11)16-14-5-12-4-13(7-14)8-15(16)6-12/h11-16,18H,1-10H2/t11-,12?,13?,14?,15?,16?/m1/s1. The van der Waals surface area contributed by atoms with E-state index < -0.39 is 0 Å². The van der Waals surface area contributed by atoms with E-state index >= 15 is 0 Å². The van der Waals surface area contributed by atoms with Crippen molar-refractivity contribution >= 4 is 0 Å². The minimum Gasteiger partial charge on any atom is -0.396 e. The van der Waals surface area contributed by atoms with Crippen LogP contribution in [0.3, 0.4) is 0 Å².